The van der Waals surface area contributed by atoms with Gasteiger partial charge in [-0.25, -0.2) is 17.2 Å². The number of aryl methyl sites for hydroxylation is 1. The molecule has 0 aliphatic heterocycles. The van der Waals surface area contributed by atoms with Crippen molar-refractivity contribution in [2.75, 3.05) is 5.73 Å². The first-order chi connectivity index (χ1) is 9.33. The third-order valence-electron chi connectivity index (χ3n) is 3.02. The molecule has 0 heterocycles. The van der Waals surface area contributed by atoms with Gasteiger partial charge >= 0.3 is 0 Å². The van der Waals surface area contributed by atoms with E-state index in [9.17, 15) is 17.2 Å². The molecule has 106 valence electrons. The fourth-order valence-electron chi connectivity index (χ4n) is 1.86. The average molecular weight is 297 g/mol. The highest BCUT2D eigenvalue weighted by atomic mass is 32.2. The van der Waals surface area contributed by atoms with Crippen molar-refractivity contribution in [1.29, 1.82) is 0 Å². The van der Waals surface area contributed by atoms with Gasteiger partial charge in [-0.1, -0.05) is 18.2 Å². The summed E-state index contributed by atoms with van der Waals surface area (Å²) in [6.45, 7) is 1.66. The Balaban J connectivity index is 2.50. The third kappa shape index (κ3) is 2.65. The van der Waals surface area contributed by atoms with E-state index < -0.39 is 32.8 Å². The SMILES string of the molecule is Cc1cccc(S(=O)(=O)Cc2c(F)cccc2F)c1N. The highest BCUT2D eigenvalue weighted by molar-refractivity contribution is 7.90. The van der Waals surface area contributed by atoms with Crippen LogP contribution in [0.2, 0.25) is 0 Å². The number of benzene rings is 2. The largest absolute Gasteiger partial charge is 0.397 e. The zero-order valence-electron chi connectivity index (χ0n) is 10.7. The standard InChI is InChI=1S/C14H13F2NO2S/c1-9-4-2-7-13(14(9)17)20(18,19)8-10-11(15)5-3-6-12(10)16/h2-7H,8,17H2,1H3. The van der Waals surface area contributed by atoms with Gasteiger partial charge < -0.3 is 5.73 Å². The van der Waals surface area contributed by atoms with Crippen LogP contribution in [-0.4, -0.2) is 8.42 Å². The maximum atomic E-state index is 13.5. The minimum absolute atomic E-state index is 0.101. The van der Waals surface area contributed by atoms with Crippen molar-refractivity contribution < 1.29 is 17.2 Å². The average Bonchev–Trinajstić information content (AvgIpc) is 2.37. The van der Waals surface area contributed by atoms with Gasteiger partial charge in [0.2, 0.25) is 0 Å². The highest BCUT2D eigenvalue weighted by Crippen LogP contribution is 2.26. The van der Waals surface area contributed by atoms with Gasteiger partial charge in [-0.2, -0.15) is 0 Å². The Morgan fingerprint density at radius 2 is 1.60 bits per heavy atom. The van der Waals surface area contributed by atoms with Crippen LogP contribution < -0.4 is 5.73 Å². The summed E-state index contributed by atoms with van der Waals surface area (Å²) < 4.78 is 51.6. The van der Waals surface area contributed by atoms with Crippen LogP contribution in [0, 0.1) is 18.6 Å². The van der Waals surface area contributed by atoms with Gasteiger partial charge in [0.25, 0.3) is 0 Å². The Labute approximate surface area is 116 Å². The number of rotatable bonds is 3. The summed E-state index contributed by atoms with van der Waals surface area (Å²) in [5, 5.41) is 0. The molecule has 0 saturated carbocycles. The molecule has 0 aromatic heterocycles. The second-order valence-corrected chi connectivity index (χ2v) is 6.40. The Bertz CT molecular complexity index is 738. The number of para-hydroxylation sites is 1. The summed E-state index contributed by atoms with van der Waals surface area (Å²) in [6, 6.07) is 7.76. The third-order valence-corrected chi connectivity index (χ3v) is 4.71. The first kappa shape index (κ1) is 14.5. The molecule has 6 heteroatoms. The van der Waals surface area contributed by atoms with Crippen LogP contribution in [0.1, 0.15) is 11.1 Å². The van der Waals surface area contributed by atoms with E-state index in [1.54, 1.807) is 13.0 Å². The van der Waals surface area contributed by atoms with E-state index in [1.807, 2.05) is 0 Å². The smallest absolute Gasteiger partial charge is 0.184 e. The summed E-state index contributed by atoms with van der Waals surface area (Å²) in [5.41, 5.74) is 5.95. The molecule has 0 saturated heterocycles. The van der Waals surface area contributed by atoms with E-state index in [4.69, 9.17) is 5.73 Å². The Morgan fingerprint density at radius 3 is 2.20 bits per heavy atom. The van der Waals surface area contributed by atoms with E-state index in [2.05, 4.69) is 0 Å². The summed E-state index contributed by atoms with van der Waals surface area (Å²) >= 11 is 0. The minimum Gasteiger partial charge on any atom is -0.397 e. The van der Waals surface area contributed by atoms with E-state index in [0.717, 1.165) is 12.1 Å². The summed E-state index contributed by atoms with van der Waals surface area (Å²) in [6.07, 6.45) is 0. The van der Waals surface area contributed by atoms with E-state index in [0.29, 0.717) is 5.56 Å². The molecule has 0 radical (unpaired) electrons. The molecule has 0 spiro atoms. The van der Waals surface area contributed by atoms with Crippen LogP contribution in [0.3, 0.4) is 0 Å². The number of hydrogen-bond acceptors (Lipinski definition) is 3. The van der Waals surface area contributed by atoms with Crippen molar-refractivity contribution in [3.8, 4) is 0 Å². The molecule has 0 bridgehead atoms. The molecule has 2 aromatic carbocycles. The van der Waals surface area contributed by atoms with Gasteiger partial charge in [-0.3, -0.25) is 0 Å². The van der Waals surface area contributed by atoms with Crippen LogP contribution in [0.5, 0.6) is 0 Å². The summed E-state index contributed by atoms with van der Waals surface area (Å²) in [4.78, 5) is -0.111. The van der Waals surface area contributed by atoms with Crippen molar-refractivity contribution in [1.82, 2.24) is 0 Å². The normalized spacial score (nSPS) is 11.6. The van der Waals surface area contributed by atoms with Crippen molar-refractivity contribution in [3.05, 3.63) is 59.2 Å². The molecule has 0 aliphatic rings. The van der Waals surface area contributed by atoms with Crippen LogP contribution in [0.15, 0.2) is 41.3 Å². The maximum absolute atomic E-state index is 13.5. The molecule has 2 N–H and O–H groups in total. The molecule has 2 rings (SSSR count). The predicted octanol–water partition coefficient (Wildman–Crippen LogP) is 2.83. The molecule has 0 aliphatic carbocycles. The molecule has 0 atom stereocenters. The molecule has 20 heavy (non-hydrogen) atoms. The van der Waals surface area contributed by atoms with Crippen LogP contribution in [0.4, 0.5) is 14.5 Å². The maximum Gasteiger partial charge on any atom is 0.184 e. The van der Waals surface area contributed by atoms with Gasteiger partial charge in [-0.15, -0.1) is 0 Å². The number of sulfone groups is 1. The quantitative estimate of drug-likeness (QED) is 0.886. The topological polar surface area (TPSA) is 60.2 Å². The molecule has 0 unspecified atom stereocenters. The highest BCUT2D eigenvalue weighted by Gasteiger charge is 2.22. The van der Waals surface area contributed by atoms with Crippen molar-refractivity contribution in [2.45, 2.75) is 17.6 Å². The zero-order chi connectivity index (χ0) is 14.9. The first-order valence-electron chi connectivity index (χ1n) is 5.83. The van der Waals surface area contributed by atoms with Gasteiger partial charge in [-0.05, 0) is 30.7 Å². The predicted molar refractivity (Wildman–Crippen MR) is 72.8 cm³/mol. The van der Waals surface area contributed by atoms with E-state index >= 15 is 0 Å². The molecule has 0 fully saturated rings. The number of nitrogens with two attached hydrogens (primary N) is 1. The van der Waals surface area contributed by atoms with Crippen molar-refractivity contribution >= 4 is 15.5 Å². The second-order valence-electron chi connectivity index (χ2n) is 4.45. The van der Waals surface area contributed by atoms with Gasteiger partial charge in [0, 0.05) is 5.56 Å². The molecular weight excluding hydrogens is 284 g/mol. The number of halogens is 2. The van der Waals surface area contributed by atoms with Crippen molar-refractivity contribution in [3.63, 3.8) is 0 Å². The van der Waals surface area contributed by atoms with Crippen LogP contribution in [-0.2, 0) is 15.6 Å². The van der Waals surface area contributed by atoms with Gasteiger partial charge in [0.05, 0.1) is 16.3 Å². The monoisotopic (exact) mass is 297 g/mol. The van der Waals surface area contributed by atoms with Crippen LogP contribution >= 0.6 is 0 Å². The lowest BCUT2D eigenvalue weighted by Gasteiger charge is -2.10. The van der Waals surface area contributed by atoms with E-state index in [1.165, 1.54) is 18.2 Å². The number of anilines is 1. The molecular formula is C14H13F2NO2S. The lowest BCUT2D eigenvalue weighted by Crippen LogP contribution is -2.11. The number of nitrogen functional groups attached to an aromatic ring is 1. The summed E-state index contributed by atoms with van der Waals surface area (Å²) in [7, 11) is -3.92. The van der Waals surface area contributed by atoms with Gasteiger partial charge in [0.15, 0.2) is 9.84 Å². The molecule has 2 aromatic rings. The lowest BCUT2D eigenvalue weighted by molar-refractivity contribution is 0.556. The van der Waals surface area contributed by atoms with Gasteiger partial charge in [0.1, 0.15) is 11.6 Å². The van der Waals surface area contributed by atoms with Crippen LogP contribution in [0.25, 0.3) is 0 Å². The van der Waals surface area contributed by atoms with Crippen molar-refractivity contribution in [2.24, 2.45) is 0 Å². The zero-order valence-corrected chi connectivity index (χ0v) is 11.5. The fraction of sp³-hybridized carbons (Fsp3) is 0.143. The number of hydrogen-bond donors (Lipinski definition) is 1. The summed E-state index contributed by atoms with van der Waals surface area (Å²) in [5.74, 6) is -2.54. The first-order valence-corrected chi connectivity index (χ1v) is 7.49. The Kier molecular flexibility index (Phi) is 3.76. The lowest BCUT2D eigenvalue weighted by atomic mass is 10.2. The molecule has 0 amide bonds. The molecule has 3 nitrogen and oxygen atoms in total. The van der Waals surface area contributed by atoms with E-state index in [-0.39, 0.29) is 10.6 Å². The second kappa shape index (κ2) is 5.20. The Hall–Kier alpha value is -1.95. The fourth-order valence-corrected chi connectivity index (χ4v) is 3.46. The Morgan fingerprint density at radius 1 is 1.05 bits per heavy atom. The minimum atomic E-state index is -3.92.